The predicted molar refractivity (Wildman–Crippen MR) is 75.6 cm³/mol. The molecule has 2 aromatic rings. The van der Waals surface area contributed by atoms with Crippen molar-refractivity contribution in [3.8, 4) is 0 Å². The number of thiazole rings is 1. The largest absolute Gasteiger partial charge is 0.383 e. The van der Waals surface area contributed by atoms with Gasteiger partial charge in [0.15, 0.2) is 11.0 Å². The first-order valence-corrected chi connectivity index (χ1v) is 6.73. The van der Waals surface area contributed by atoms with Gasteiger partial charge in [-0.3, -0.25) is 0 Å². The second-order valence-electron chi connectivity index (χ2n) is 3.68. The van der Waals surface area contributed by atoms with Gasteiger partial charge in [0.05, 0.1) is 5.01 Å². The highest BCUT2D eigenvalue weighted by molar-refractivity contribution is 7.11. The molecule has 0 atom stereocenters. The number of rotatable bonds is 5. The van der Waals surface area contributed by atoms with Crippen molar-refractivity contribution in [2.45, 2.75) is 13.3 Å². The maximum atomic E-state index is 5.96. The number of hydrogen-bond acceptors (Lipinski definition) is 6. The van der Waals surface area contributed by atoms with Crippen molar-refractivity contribution in [2.24, 2.45) is 0 Å². The van der Waals surface area contributed by atoms with Gasteiger partial charge in [-0.15, -0.1) is 11.3 Å². The van der Waals surface area contributed by atoms with Crippen LogP contribution in [0.25, 0.3) is 0 Å². The number of aromatic nitrogens is 3. The van der Waals surface area contributed by atoms with Gasteiger partial charge in [-0.1, -0.05) is 11.6 Å². The van der Waals surface area contributed by atoms with Gasteiger partial charge < -0.3 is 10.6 Å². The summed E-state index contributed by atoms with van der Waals surface area (Å²) in [5, 5.41) is 7.75. The highest BCUT2D eigenvalue weighted by atomic mass is 35.5. The molecular formula is C11H14ClN5S. The quantitative estimate of drug-likeness (QED) is 0.826. The summed E-state index contributed by atoms with van der Waals surface area (Å²) in [5.41, 5.74) is 0.717. The van der Waals surface area contributed by atoms with Gasteiger partial charge in [0.1, 0.15) is 12.0 Å². The summed E-state index contributed by atoms with van der Waals surface area (Å²) in [6.45, 7) is 2.81. The van der Waals surface area contributed by atoms with Crippen LogP contribution in [0.3, 0.4) is 0 Å². The van der Waals surface area contributed by atoms with E-state index < -0.39 is 0 Å². The third-order valence-electron chi connectivity index (χ3n) is 2.35. The zero-order valence-electron chi connectivity index (χ0n) is 10.2. The Hall–Kier alpha value is -1.40. The molecule has 0 saturated heterocycles. The van der Waals surface area contributed by atoms with Crippen LogP contribution >= 0.6 is 22.9 Å². The standard InChI is InChI=1S/C11H14ClN5S/c1-7-5-15-8(18-7)3-4-14-11-9(13-2)10(12)16-6-17-11/h5-6,13H,3-4H2,1-2H3,(H,14,16,17). The van der Waals surface area contributed by atoms with Crippen LogP contribution in [0, 0.1) is 6.92 Å². The molecule has 0 bridgehead atoms. The molecule has 18 heavy (non-hydrogen) atoms. The summed E-state index contributed by atoms with van der Waals surface area (Å²) in [6.07, 6.45) is 4.20. The summed E-state index contributed by atoms with van der Waals surface area (Å²) in [6, 6.07) is 0. The first kappa shape index (κ1) is 13.0. The summed E-state index contributed by atoms with van der Waals surface area (Å²) in [5.74, 6) is 0.714. The Morgan fingerprint density at radius 2 is 2.17 bits per heavy atom. The molecule has 0 amide bonds. The van der Waals surface area contributed by atoms with E-state index in [-0.39, 0.29) is 0 Å². The normalized spacial score (nSPS) is 10.4. The zero-order valence-corrected chi connectivity index (χ0v) is 11.8. The molecule has 0 saturated carbocycles. The van der Waals surface area contributed by atoms with Gasteiger partial charge in [-0.25, -0.2) is 15.0 Å². The van der Waals surface area contributed by atoms with Crippen LogP contribution in [0.5, 0.6) is 0 Å². The Morgan fingerprint density at radius 1 is 1.33 bits per heavy atom. The maximum Gasteiger partial charge on any atom is 0.157 e. The van der Waals surface area contributed by atoms with Crippen LogP contribution in [-0.4, -0.2) is 28.5 Å². The summed E-state index contributed by atoms with van der Waals surface area (Å²) in [7, 11) is 1.79. The molecule has 0 aliphatic carbocycles. The van der Waals surface area contributed by atoms with Crippen molar-refractivity contribution in [2.75, 3.05) is 24.2 Å². The fourth-order valence-electron chi connectivity index (χ4n) is 1.52. The Labute approximate surface area is 115 Å². The molecule has 5 nitrogen and oxygen atoms in total. The van der Waals surface area contributed by atoms with Gasteiger partial charge in [0, 0.05) is 31.1 Å². The van der Waals surface area contributed by atoms with Crippen molar-refractivity contribution in [3.63, 3.8) is 0 Å². The summed E-state index contributed by atoms with van der Waals surface area (Å²) < 4.78 is 0. The monoisotopic (exact) mass is 283 g/mol. The molecule has 0 unspecified atom stereocenters. The lowest BCUT2D eigenvalue weighted by atomic mass is 10.4. The topological polar surface area (TPSA) is 62.7 Å². The van der Waals surface area contributed by atoms with Crippen LogP contribution in [0.4, 0.5) is 11.5 Å². The fraction of sp³-hybridized carbons (Fsp3) is 0.364. The van der Waals surface area contributed by atoms with Crippen molar-refractivity contribution < 1.29 is 0 Å². The minimum atomic E-state index is 0.417. The van der Waals surface area contributed by atoms with E-state index in [0.29, 0.717) is 11.0 Å². The third kappa shape index (κ3) is 3.08. The molecule has 2 N–H and O–H groups in total. The Kier molecular flexibility index (Phi) is 4.33. The van der Waals surface area contributed by atoms with Crippen LogP contribution in [0.1, 0.15) is 9.88 Å². The molecule has 2 aromatic heterocycles. The second-order valence-corrected chi connectivity index (χ2v) is 5.36. The van der Waals surface area contributed by atoms with Crippen molar-refractivity contribution in [1.29, 1.82) is 0 Å². The van der Waals surface area contributed by atoms with E-state index in [2.05, 4.69) is 32.5 Å². The maximum absolute atomic E-state index is 5.96. The molecule has 2 heterocycles. The van der Waals surface area contributed by atoms with Crippen molar-refractivity contribution >= 4 is 34.4 Å². The number of halogens is 1. The Morgan fingerprint density at radius 3 is 2.83 bits per heavy atom. The lowest BCUT2D eigenvalue weighted by molar-refractivity contribution is 0.982. The highest BCUT2D eigenvalue weighted by Gasteiger charge is 2.07. The lowest BCUT2D eigenvalue weighted by Crippen LogP contribution is -2.09. The Balaban J connectivity index is 1.96. The van der Waals surface area contributed by atoms with Crippen LogP contribution in [-0.2, 0) is 6.42 Å². The number of anilines is 2. The Bertz CT molecular complexity index is 528. The molecule has 0 fully saturated rings. The van der Waals surface area contributed by atoms with Gasteiger partial charge >= 0.3 is 0 Å². The van der Waals surface area contributed by atoms with Crippen molar-refractivity contribution in [1.82, 2.24) is 15.0 Å². The van der Waals surface area contributed by atoms with Crippen LogP contribution < -0.4 is 10.6 Å². The fourth-order valence-corrected chi connectivity index (χ4v) is 2.54. The molecule has 0 aromatic carbocycles. The second kappa shape index (κ2) is 5.97. The summed E-state index contributed by atoms with van der Waals surface area (Å²) in [4.78, 5) is 13.6. The van der Waals surface area contributed by atoms with Crippen molar-refractivity contribution in [3.05, 3.63) is 27.6 Å². The van der Waals surface area contributed by atoms with Gasteiger partial charge in [-0.05, 0) is 6.92 Å². The minimum Gasteiger partial charge on any atom is -0.383 e. The smallest absolute Gasteiger partial charge is 0.157 e. The van der Waals surface area contributed by atoms with E-state index in [1.54, 1.807) is 18.4 Å². The van der Waals surface area contributed by atoms with E-state index in [4.69, 9.17) is 11.6 Å². The third-order valence-corrected chi connectivity index (χ3v) is 3.61. The zero-order chi connectivity index (χ0) is 13.0. The molecule has 2 rings (SSSR count). The van der Waals surface area contributed by atoms with Crippen LogP contribution in [0.15, 0.2) is 12.5 Å². The highest BCUT2D eigenvalue weighted by Crippen LogP contribution is 2.25. The lowest BCUT2D eigenvalue weighted by Gasteiger charge is -2.10. The van der Waals surface area contributed by atoms with E-state index in [0.717, 1.165) is 23.7 Å². The SMILES string of the molecule is CNc1c(Cl)ncnc1NCCc1ncc(C)s1. The van der Waals surface area contributed by atoms with Gasteiger partial charge in [-0.2, -0.15) is 0 Å². The predicted octanol–water partition coefficient (Wildman–Crippen LogP) is 2.59. The minimum absolute atomic E-state index is 0.417. The number of nitrogens with one attached hydrogen (secondary N) is 2. The van der Waals surface area contributed by atoms with Gasteiger partial charge in [0.2, 0.25) is 0 Å². The van der Waals surface area contributed by atoms with E-state index in [1.807, 2.05) is 6.20 Å². The van der Waals surface area contributed by atoms with E-state index in [9.17, 15) is 0 Å². The number of hydrogen-bond donors (Lipinski definition) is 2. The molecule has 7 heteroatoms. The van der Waals surface area contributed by atoms with Crippen LogP contribution in [0.2, 0.25) is 5.15 Å². The molecule has 0 aliphatic heterocycles. The number of aryl methyl sites for hydroxylation is 1. The average Bonchev–Trinajstić information content (AvgIpc) is 2.75. The molecule has 0 radical (unpaired) electrons. The molecule has 0 spiro atoms. The van der Waals surface area contributed by atoms with Gasteiger partial charge in [0.25, 0.3) is 0 Å². The van der Waals surface area contributed by atoms with E-state index >= 15 is 0 Å². The molecule has 96 valence electrons. The average molecular weight is 284 g/mol. The summed E-state index contributed by atoms with van der Waals surface area (Å²) >= 11 is 7.68. The van der Waals surface area contributed by atoms with E-state index in [1.165, 1.54) is 11.2 Å². The number of nitrogens with zero attached hydrogens (tertiary/aromatic N) is 3. The molecular weight excluding hydrogens is 270 g/mol. The first-order chi connectivity index (χ1) is 8.70. The first-order valence-electron chi connectivity index (χ1n) is 5.54. The molecule has 0 aliphatic rings.